The Labute approximate surface area is 99.9 Å². The van der Waals surface area contributed by atoms with E-state index < -0.39 is 0 Å². The van der Waals surface area contributed by atoms with Crippen molar-refractivity contribution >= 4 is 35.8 Å². The van der Waals surface area contributed by atoms with Crippen LogP contribution in [0.1, 0.15) is 6.92 Å². The van der Waals surface area contributed by atoms with Crippen LogP contribution in [0, 0.1) is 0 Å². The van der Waals surface area contributed by atoms with E-state index in [1.807, 2.05) is 0 Å². The molecule has 0 fully saturated rings. The molecule has 0 saturated heterocycles. The number of hydrogen-bond acceptors (Lipinski definition) is 2. The molecule has 0 N–H and O–H groups in total. The predicted molar refractivity (Wildman–Crippen MR) is 66.9 cm³/mol. The quantitative estimate of drug-likeness (QED) is 0.637. The molecule has 0 unspecified atom stereocenters. The topological polar surface area (TPSA) is 20.3 Å². The van der Waals surface area contributed by atoms with Gasteiger partial charge >= 0.3 is 0 Å². The van der Waals surface area contributed by atoms with Crippen LogP contribution in [-0.4, -0.2) is 12.5 Å². The largest absolute Gasteiger partial charge is 0.308 e. The van der Waals surface area contributed by atoms with Crippen LogP contribution in [0.4, 0.5) is 5.69 Å². The van der Waals surface area contributed by atoms with Crippen LogP contribution < -0.4 is 4.90 Å². The molecule has 0 bridgehead atoms. The van der Waals surface area contributed by atoms with Gasteiger partial charge in [-0.05, 0) is 18.2 Å². The summed E-state index contributed by atoms with van der Waals surface area (Å²) >= 11 is 10.2. The van der Waals surface area contributed by atoms with Crippen molar-refractivity contribution in [3.8, 4) is 0 Å². The Morgan fingerprint density at radius 1 is 1.67 bits per heavy atom. The van der Waals surface area contributed by atoms with Gasteiger partial charge in [-0.15, -0.1) is 19.2 Å². The van der Waals surface area contributed by atoms with Crippen LogP contribution in [0.2, 0.25) is 5.02 Å². The van der Waals surface area contributed by atoms with Crippen molar-refractivity contribution in [1.29, 1.82) is 0 Å². The standard InChI is InChI=1S/C11H12ClNOS/c1-3-6-13(8(2)14)10-7-9(12)4-5-11(10)15/h3-5,7,15H,1,6H2,2H3. The molecule has 0 aliphatic rings. The summed E-state index contributed by atoms with van der Waals surface area (Å²) < 4.78 is 0. The third-order valence-corrected chi connectivity index (χ3v) is 2.53. The average molecular weight is 242 g/mol. The van der Waals surface area contributed by atoms with Gasteiger partial charge in [-0.3, -0.25) is 4.79 Å². The molecule has 0 aliphatic heterocycles. The zero-order valence-corrected chi connectivity index (χ0v) is 10.1. The van der Waals surface area contributed by atoms with Crippen LogP contribution in [0.25, 0.3) is 0 Å². The zero-order valence-electron chi connectivity index (χ0n) is 8.40. The van der Waals surface area contributed by atoms with Crippen molar-refractivity contribution in [1.82, 2.24) is 0 Å². The highest BCUT2D eigenvalue weighted by Crippen LogP contribution is 2.27. The van der Waals surface area contributed by atoms with Crippen molar-refractivity contribution in [2.45, 2.75) is 11.8 Å². The highest BCUT2D eigenvalue weighted by Gasteiger charge is 2.12. The number of benzene rings is 1. The molecule has 1 aromatic rings. The number of anilines is 1. The third-order valence-electron chi connectivity index (χ3n) is 1.92. The SMILES string of the molecule is C=CCN(C(C)=O)c1cc(Cl)ccc1S. The van der Waals surface area contributed by atoms with E-state index in [-0.39, 0.29) is 5.91 Å². The minimum atomic E-state index is -0.0625. The fraction of sp³-hybridized carbons (Fsp3) is 0.182. The second-order valence-electron chi connectivity index (χ2n) is 3.05. The van der Waals surface area contributed by atoms with E-state index in [9.17, 15) is 4.79 Å². The van der Waals surface area contributed by atoms with E-state index in [1.54, 1.807) is 29.2 Å². The monoisotopic (exact) mass is 241 g/mol. The lowest BCUT2D eigenvalue weighted by Crippen LogP contribution is -2.28. The average Bonchev–Trinajstić information content (AvgIpc) is 2.18. The summed E-state index contributed by atoms with van der Waals surface area (Å²) in [5.74, 6) is -0.0625. The molecule has 0 heterocycles. The van der Waals surface area contributed by atoms with E-state index in [2.05, 4.69) is 19.2 Å². The van der Waals surface area contributed by atoms with Crippen LogP contribution in [0.15, 0.2) is 35.7 Å². The highest BCUT2D eigenvalue weighted by atomic mass is 35.5. The van der Waals surface area contributed by atoms with E-state index >= 15 is 0 Å². The second kappa shape index (κ2) is 5.24. The van der Waals surface area contributed by atoms with Gasteiger partial charge in [0.2, 0.25) is 5.91 Å². The molecule has 0 aromatic heterocycles. The molecular weight excluding hydrogens is 230 g/mol. The summed E-state index contributed by atoms with van der Waals surface area (Å²) in [6.45, 7) is 5.55. The fourth-order valence-corrected chi connectivity index (χ4v) is 1.66. The lowest BCUT2D eigenvalue weighted by atomic mass is 10.2. The molecule has 1 amide bonds. The smallest absolute Gasteiger partial charge is 0.224 e. The van der Waals surface area contributed by atoms with Gasteiger partial charge < -0.3 is 4.90 Å². The number of nitrogens with zero attached hydrogens (tertiary/aromatic N) is 1. The molecule has 2 nitrogen and oxygen atoms in total. The van der Waals surface area contributed by atoms with Crippen molar-refractivity contribution in [3.63, 3.8) is 0 Å². The third kappa shape index (κ3) is 3.01. The van der Waals surface area contributed by atoms with Crippen molar-refractivity contribution < 1.29 is 4.79 Å². The maximum Gasteiger partial charge on any atom is 0.224 e. The predicted octanol–water partition coefficient (Wildman–Crippen LogP) is 3.17. The van der Waals surface area contributed by atoms with Crippen LogP contribution >= 0.6 is 24.2 Å². The number of amides is 1. The Morgan fingerprint density at radius 2 is 2.33 bits per heavy atom. The van der Waals surface area contributed by atoms with E-state index in [4.69, 9.17) is 11.6 Å². The first-order chi connectivity index (χ1) is 7.06. The first-order valence-electron chi connectivity index (χ1n) is 4.43. The summed E-state index contributed by atoms with van der Waals surface area (Å²) in [6.07, 6.45) is 1.66. The summed E-state index contributed by atoms with van der Waals surface area (Å²) in [4.78, 5) is 13.7. The molecular formula is C11H12ClNOS. The Balaban J connectivity index is 3.15. The molecule has 15 heavy (non-hydrogen) atoms. The lowest BCUT2D eigenvalue weighted by molar-refractivity contribution is -0.116. The molecule has 0 spiro atoms. The number of thiol groups is 1. The van der Waals surface area contributed by atoms with E-state index in [0.29, 0.717) is 17.3 Å². The van der Waals surface area contributed by atoms with Gasteiger partial charge in [0.15, 0.2) is 0 Å². The molecule has 1 rings (SSSR count). The molecule has 0 radical (unpaired) electrons. The summed E-state index contributed by atoms with van der Waals surface area (Å²) in [5.41, 5.74) is 0.707. The minimum absolute atomic E-state index is 0.0625. The van der Waals surface area contributed by atoms with Crippen LogP contribution in [-0.2, 0) is 4.79 Å². The number of halogens is 1. The summed E-state index contributed by atoms with van der Waals surface area (Å²) in [5, 5.41) is 0.582. The fourth-order valence-electron chi connectivity index (χ4n) is 1.24. The number of hydrogen-bond donors (Lipinski definition) is 1. The molecule has 0 aliphatic carbocycles. The van der Waals surface area contributed by atoms with Crippen molar-refractivity contribution in [3.05, 3.63) is 35.9 Å². The number of carbonyl (C=O) groups excluding carboxylic acids is 1. The van der Waals surface area contributed by atoms with E-state index in [1.165, 1.54) is 6.92 Å². The highest BCUT2D eigenvalue weighted by molar-refractivity contribution is 7.80. The molecule has 4 heteroatoms. The Bertz CT molecular complexity index is 392. The Morgan fingerprint density at radius 3 is 2.87 bits per heavy atom. The van der Waals surface area contributed by atoms with Gasteiger partial charge in [0.1, 0.15) is 0 Å². The molecule has 1 aromatic carbocycles. The zero-order chi connectivity index (χ0) is 11.4. The molecule has 0 saturated carbocycles. The lowest BCUT2D eigenvalue weighted by Gasteiger charge is -2.21. The van der Waals surface area contributed by atoms with Crippen LogP contribution in [0.3, 0.4) is 0 Å². The molecule has 0 atom stereocenters. The Hall–Kier alpha value is -0.930. The Kier molecular flexibility index (Phi) is 4.24. The van der Waals surface area contributed by atoms with Gasteiger partial charge in [0.05, 0.1) is 5.69 Å². The van der Waals surface area contributed by atoms with Gasteiger partial charge in [0.25, 0.3) is 0 Å². The number of carbonyl (C=O) groups is 1. The van der Waals surface area contributed by atoms with Gasteiger partial charge in [-0.25, -0.2) is 0 Å². The first kappa shape index (κ1) is 12.1. The minimum Gasteiger partial charge on any atom is -0.308 e. The summed E-state index contributed by atoms with van der Waals surface area (Å²) in [6, 6.07) is 5.22. The van der Waals surface area contributed by atoms with Crippen molar-refractivity contribution in [2.75, 3.05) is 11.4 Å². The van der Waals surface area contributed by atoms with Crippen LogP contribution in [0.5, 0.6) is 0 Å². The van der Waals surface area contributed by atoms with E-state index in [0.717, 1.165) is 4.90 Å². The maximum absolute atomic E-state index is 11.4. The van der Waals surface area contributed by atoms with Crippen molar-refractivity contribution in [2.24, 2.45) is 0 Å². The first-order valence-corrected chi connectivity index (χ1v) is 5.26. The number of rotatable bonds is 3. The van der Waals surface area contributed by atoms with Gasteiger partial charge in [-0.2, -0.15) is 0 Å². The van der Waals surface area contributed by atoms with Gasteiger partial charge in [-0.1, -0.05) is 17.7 Å². The normalized spacial score (nSPS) is 9.80. The molecule has 80 valence electrons. The summed E-state index contributed by atoms with van der Waals surface area (Å²) in [7, 11) is 0. The van der Waals surface area contributed by atoms with Gasteiger partial charge in [0, 0.05) is 23.4 Å². The maximum atomic E-state index is 11.4. The second-order valence-corrected chi connectivity index (χ2v) is 3.97.